The Kier molecular flexibility index (Phi) is 7.31. The summed E-state index contributed by atoms with van der Waals surface area (Å²) >= 11 is 0. The maximum atomic E-state index is 13.1. The summed E-state index contributed by atoms with van der Waals surface area (Å²) in [6.45, 7) is 3.16. The van der Waals surface area contributed by atoms with Crippen molar-refractivity contribution in [2.45, 2.75) is 75.6 Å². The molecule has 1 aliphatic carbocycles. The summed E-state index contributed by atoms with van der Waals surface area (Å²) < 4.78 is 27.9. The Labute approximate surface area is 192 Å². The standard InChI is InChI=1S/C26H34N2O3S/c1-2-25(22-15-14-20-10-5-6-11-21(20)18-22)27-26(29)23-12-9-13-24(19-23)32(30,31)28-16-7-3-4-8-17-28/h9,12-15,18-19,25H,2-8,10-11,16-17H2,1H3,(H,27,29). The van der Waals surface area contributed by atoms with Crippen molar-refractivity contribution in [1.82, 2.24) is 9.62 Å². The van der Waals surface area contributed by atoms with Gasteiger partial charge in [-0.3, -0.25) is 4.79 Å². The van der Waals surface area contributed by atoms with Crippen LogP contribution in [0, 0.1) is 0 Å². The Balaban J connectivity index is 1.52. The minimum absolute atomic E-state index is 0.0967. The molecule has 1 heterocycles. The number of nitrogens with one attached hydrogen (secondary N) is 1. The number of sulfonamides is 1. The zero-order valence-electron chi connectivity index (χ0n) is 19.0. The molecule has 2 aromatic rings. The van der Waals surface area contributed by atoms with E-state index in [1.54, 1.807) is 22.5 Å². The van der Waals surface area contributed by atoms with Gasteiger partial charge in [-0.25, -0.2) is 8.42 Å². The highest BCUT2D eigenvalue weighted by Crippen LogP contribution is 2.27. The van der Waals surface area contributed by atoms with Crippen LogP contribution in [0.25, 0.3) is 0 Å². The van der Waals surface area contributed by atoms with E-state index < -0.39 is 10.0 Å². The minimum atomic E-state index is -3.58. The van der Waals surface area contributed by atoms with Crippen molar-refractivity contribution >= 4 is 15.9 Å². The summed E-state index contributed by atoms with van der Waals surface area (Å²) in [5.41, 5.74) is 4.33. The van der Waals surface area contributed by atoms with E-state index in [2.05, 4.69) is 30.4 Å². The van der Waals surface area contributed by atoms with Gasteiger partial charge in [0.05, 0.1) is 10.9 Å². The number of carbonyl (C=O) groups excluding carboxylic acids is 1. The monoisotopic (exact) mass is 454 g/mol. The molecule has 0 spiro atoms. The second-order valence-electron chi connectivity index (χ2n) is 9.02. The number of benzene rings is 2. The highest BCUT2D eigenvalue weighted by Gasteiger charge is 2.26. The first-order valence-electron chi connectivity index (χ1n) is 12.0. The van der Waals surface area contributed by atoms with E-state index in [9.17, 15) is 13.2 Å². The van der Waals surface area contributed by atoms with Crippen LogP contribution < -0.4 is 5.32 Å². The molecule has 1 atom stereocenters. The lowest BCUT2D eigenvalue weighted by Gasteiger charge is -2.22. The van der Waals surface area contributed by atoms with Gasteiger partial charge in [-0.05, 0) is 79.8 Å². The van der Waals surface area contributed by atoms with Gasteiger partial charge in [0.2, 0.25) is 10.0 Å². The van der Waals surface area contributed by atoms with Crippen LogP contribution in [0.15, 0.2) is 47.4 Å². The number of fused-ring (bicyclic) bond motifs is 1. The number of rotatable bonds is 6. The molecule has 1 saturated heterocycles. The van der Waals surface area contributed by atoms with Crippen LogP contribution in [0.5, 0.6) is 0 Å². The second kappa shape index (κ2) is 10.2. The molecule has 2 aromatic carbocycles. The third-order valence-electron chi connectivity index (χ3n) is 6.79. The summed E-state index contributed by atoms with van der Waals surface area (Å²) in [6, 6.07) is 12.9. The SMILES string of the molecule is CCC(NC(=O)c1cccc(S(=O)(=O)N2CCCCCC2)c1)c1ccc2c(c1)CCCC2. The quantitative estimate of drug-likeness (QED) is 0.667. The van der Waals surface area contributed by atoms with Gasteiger partial charge < -0.3 is 5.32 Å². The first-order chi connectivity index (χ1) is 15.5. The summed E-state index contributed by atoms with van der Waals surface area (Å²) in [6.07, 6.45) is 9.38. The first kappa shape index (κ1) is 23.0. The Hall–Kier alpha value is -2.18. The molecule has 0 radical (unpaired) electrons. The van der Waals surface area contributed by atoms with Crippen molar-refractivity contribution in [1.29, 1.82) is 0 Å². The van der Waals surface area contributed by atoms with Crippen LogP contribution in [-0.2, 0) is 22.9 Å². The molecule has 1 fully saturated rings. The molecular formula is C26H34N2O3S. The van der Waals surface area contributed by atoms with E-state index in [1.807, 2.05) is 0 Å². The number of carbonyl (C=O) groups is 1. The highest BCUT2D eigenvalue weighted by atomic mass is 32.2. The third-order valence-corrected chi connectivity index (χ3v) is 8.68. The maximum Gasteiger partial charge on any atom is 0.251 e. The zero-order valence-corrected chi connectivity index (χ0v) is 19.8. The minimum Gasteiger partial charge on any atom is -0.345 e. The van der Waals surface area contributed by atoms with Crippen LogP contribution in [-0.4, -0.2) is 31.7 Å². The molecule has 1 unspecified atom stereocenters. The van der Waals surface area contributed by atoms with Gasteiger partial charge in [0.25, 0.3) is 5.91 Å². The molecule has 0 saturated carbocycles. The van der Waals surface area contributed by atoms with Crippen LogP contribution in [0.4, 0.5) is 0 Å². The van der Waals surface area contributed by atoms with Crippen LogP contribution in [0.1, 0.15) is 85.0 Å². The lowest BCUT2D eigenvalue weighted by Crippen LogP contribution is -2.32. The molecule has 1 amide bonds. The normalized spacial score (nSPS) is 18.4. The molecule has 172 valence electrons. The van der Waals surface area contributed by atoms with Crippen molar-refractivity contribution < 1.29 is 13.2 Å². The largest absolute Gasteiger partial charge is 0.345 e. The number of hydrogen-bond donors (Lipinski definition) is 1. The molecule has 2 aliphatic rings. The van der Waals surface area contributed by atoms with Gasteiger partial charge in [0.1, 0.15) is 0 Å². The maximum absolute atomic E-state index is 13.1. The molecule has 1 N–H and O–H groups in total. The summed E-state index contributed by atoms with van der Waals surface area (Å²) in [4.78, 5) is 13.3. The van der Waals surface area contributed by atoms with Crippen molar-refractivity contribution in [3.8, 4) is 0 Å². The average molecular weight is 455 g/mol. The van der Waals surface area contributed by atoms with Gasteiger partial charge in [-0.1, -0.05) is 44.0 Å². The van der Waals surface area contributed by atoms with Crippen molar-refractivity contribution in [2.24, 2.45) is 0 Å². The smallest absolute Gasteiger partial charge is 0.251 e. The van der Waals surface area contributed by atoms with Crippen molar-refractivity contribution in [3.63, 3.8) is 0 Å². The van der Waals surface area contributed by atoms with Gasteiger partial charge in [-0.2, -0.15) is 4.31 Å². The fraction of sp³-hybridized carbons (Fsp3) is 0.500. The fourth-order valence-electron chi connectivity index (χ4n) is 4.86. The molecule has 1 aliphatic heterocycles. The van der Waals surface area contributed by atoms with E-state index in [0.717, 1.165) is 50.5 Å². The van der Waals surface area contributed by atoms with Crippen LogP contribution in [0.3, 0.4) is 0 Å². The summed E-state index contributed by atoms with van der Waals surface area (Å²) in [5, 5.41) is 3.13. The van der Waals surface area contributed by atoms with Gasteiger partial charge in [0.15, 0.2) is 0 Å². The average Bonchev–Trinajstić information content (AvgIpc) is 3.12. The molecule has 6 heteroatoms. The van der Waals surface area contributed by atoms with E-state index in [0.29, 0.717) is 18.7 Å². The predicted octanol–water partition coefficient (Wildman–Crippen LogP) is 5.01. The summed E-state index contributed by atoms with van der Waals surface area (Å²) in [5.74, 6) is -0.234. The third kappa shape index (κ3) is 5.07. The number of aryl methyl sites for hydroxylation is 2. The molecule has 32 heavy (non-hydrogen) atoms. The van der Waals surface area contributed by atoms with Gasteiger partial charge >= 0.3 is 0 Å². The highest BCUT2D eigenvalue weighted by molar-refractivity contribution is 7.89. The second-order valence-corrected chi connectivity index (χ2v) is 11.0. The van der Waals surface area contributed by atoms with Crippen molar-refractivity contribution in [2.75, 3.05) is 13.1 Å². The molecule has 4 rings (SSSR count). The van der Waals surface area contributed by atoms with E-state index in [-0.39, 0.29) is 16.8 Å². The van der Waals surface area contributed by atoms with Gasteiger partial charge in [0, 0.05) is 18.7 Å². The topological polar surface area (TPSA) is 66.5 Å². The zero-order chi connectivity index (χ0) is 22.6. The van der Waals surface area contributed by atoms with Crippen molar-refractivity contribution in [3.05, 3.63) is 64.7 Å². The Morgan fingerprint density at radius 2 is 1.66 bits per heavy atom. The molecule has 0 bridgehead atoms. The lowest BCUT2D eigenvalue weighted by atomic mass is 9.88. The van der Waals surface area contributed by atoms with E-state index >= 15 is 0 Å². The van der Waals surface area contributed by atoms with Crippen LogP contribution in [0.2, 0.25) is 0 Å². The number of amides is 1. The number of hydrogen-bond acceptors (Lipinski definition) is 3. The molecule has 0 aromatic heterocycles. The fourth-order valence-corrected chi connectivity index (χ4v) is 6.43. The Bertz CT molecular complexity index is 1060. The summed E-state index contributed by atoms with van der Waals surface area (Å²) in [7, 11) is -3.58. The predicted molar refractivity (Wildman–Crippen MR) is 127 cm³/mol. The van der Waals surface area contributed by atoms with Gasteiger partial charge in [-0.15, -0.1) is 0 Å². The molecule has 5 nitrogen and oxygen atoms in total. The van der Waals surface area contributed by atoms with E-state index in [4.69, 9.17) is 0 Å². The Morgan fingerprint density at radius 3 is 2.38 bits per heavy atom. The Morgan fingerprint density at radius 1 is 0.938 bits per heavy atom. The lowest BCUT2D eigenvalue weighted by molar-refractivity contribution is 0.0935. The first-order valence-corrected chi connectivity index (χ1v) is 13.5. The number of nitrogens with zero attached hydrogens (tertiary/aromatic N) is 1. The van der Waals surface area contributed by atoms with Crippen LogP contribution >= 0.6 is 0 Å². The molecular weight excluding hydrogens is 420 g/mol. The van der Waals surface area contributed by atoms with E-state index in [1.165, 1.54) is 30.0 Å².